The second-order valence-corrected chi connectivity index (χ2v) is 7.60. The van der Waals surface area contributed by atoms with E-state index in [0.29, 0.717) is 13.2 Å². The average Bonchev–Trinajstić information content (AvgIpc) is 2.40. The molecular formula is C15H23NO4S. The van der Waals surface area contributed by atoms with Gasteiger partial charge in [-0.15, -0.1) is 0 Å². The monoisotopic (exact) mass is 313 g/mol. The number of rotatable bonds is 8. The highest BCUT2D eigenvalue weighted by molar-refractivity contribution is 7.90. The fraction of sp³-hybridized carbons (Fsp3) is 0.533. The third-order valence-corrected chi connectivity index (χ3v) is 3.71. The molecule has 0 atom stereocenters. The molecule has 0 aliphatic rings. The lowest BCUT2D eigenvalue weighted by molar-refractivity contribution is -0.120. The summed E-state index contributed by atoms with van der Waals surface area (Å²) in [6.07, 6.45) is 1.29. The van der Waals surface area contributed by atoms with E-state index in [1.165, 1.54) is 0 Å². The summed E-state index contributed by atoms with van der Waals surface area (Å²) < 4.78 is 27.5. The van der Waals surface area contributed by atoms with E-state index in [2.05, 4.69) is 5.32 Å². The maximum absolute atomic E-state index is 11.6. The highest BCUT2D eigenvalue weighted by atomic mass is 32.2. The summed E-state index contributed by atoms with van der Waals surface area (Å²) in [7, 11) is -3.10. The number of nitrogens with one attached hydrogen (secondary N) is 1. The van der Waals surface area contributed by atoms with Gasteiger partial charge in [0.25, 0.3) is 0 Å². The SMILES string of the molecule is CC(C)OCc1cccc(CNC(=O)CCS(C)(=O)=O)c1. The molecule has 0 fully saturated rings. The van der Waals surface area contributed by atoms with Gasteiger partial charge in [0.2, 0.25) is 5.91 Å². The van der Waals surface area contributed by atoms with Crippen molar-refractivity contribution in [3.8, 4) is 0 Å². The van der Waals surface area contributed by atoms with Gasteiger partial charge in [-0.3, -0.25) is 4.79 Å². The van der Waals surface area contributed by atoms with Gasteiger partial charge < -0.3 is 10.1 Å². The van der Waals surface area contributed by atoms with Gasteiger partial charge in [0, 0.05) is 19.2 Å². The molecule has 0 bridgehead atoms. The van der Waals surface area contributed by atoms with E-state index in [-0.39, 0.29) is 24.2 Å². The Morgan fingerprint density at radius 3 is 2.57 bits per heavy atom. The number of carbonyl (C=O) groups is 1. The molecule has 0 unspecified atom stereocenters. The van der Waals surface area contributed by atoms with Crippen LogP contribution in [0.25, 0.3) is 0 Å². The summed E-state index contributed by atoms with van der Waals surface area (Å²) in [5, 5.41) is 2.72. The van der Waals surface area contributed by atoms with Crippen LogP contribution in [0.1, 0.15) is 31.4 Å². The van der Waals surface area contributed by atoms with Crippen LogP contribution < -0.4 is 5.32 Å². The molecular weight excluding hydrogens is 290 g/mol. The Labute approximate surface area is 126 Å². The first-order valence-corrected chi connectivity index (χ1v) is 8.96. The largest absolute Gasteiger partial charge is 0.374 e. The highest BCUT2D eigenvalue weighted by Crippen LogP contribution is 2.08. The molecule has 1 N–H and O–H groups in total. The lowest BCUT2D eigenvalue weighted by atomic mass is 10.1. The first-order chi connectivity index (χ1) is 9.76. The summed E-state index contributed by atoms with van der Waals surface area (Å²) in [6.45, 7) is 4.88. The van der Waals surface area contributed by atoms with Crippen LogP contribution in [0, 0.1) is 0 Å². The molecule has 0 saturated carbocycles. The van der Waals surface area contributed by atoms with Crippen LogP contribution in [-0.2, 0) is 32.5 Å². The summed E-state index contributed by atoms with van der Waals surface area (Å²) in [6, 6.07) is 7.77. The second-order valence-electron chi connectivity index (χ2n) is 5.34. The first-order valence-electron chi connectivity index (χ1n) is 6.90. The number of sulfone groups is 1. The standard InChI is InChI=1S/C15H23NO4S/c1-12(2)20-11-14-6-4-5-13(9-14)10-16-15(17)7-8-21(3,18)19/h4-6,9,12H,7-8,10-11H2,1-3H3,(H,16,17). The number of carbonyl (C=O) groups excluding carboxylic acids is 1. The van der Waals surface area contributed by atoms with Crippen molar-refractivity contribution < 1.29 is 17.9 Å². The quantitative estimate of drug-likeness (QED) is 0.792. The van der Waals surface area contributed by atoms with Crippen molar-refractivity contribution >= 4 is 15.7 Å². The van der Waals surface area contributed by atoms with Crippen LogP contribution in [0.15, 0.2) is 24.3 Å². The van der Waals surface area contributed by atoms with Gasteiger partial charge in [0.05, 0.1) is 18.5 Å². The van der Waals surface area contributed by atoms with Crippen LogP contribution in [0.4, 0.5) is 0 Å². The molecule has 0 aromatic heterocycles. The second kappa shape index (κ2) is 8.14. The van der Waals surface area contributed by atoms with E-state index in [1.54, 1.807) is 0 Å². The van der Waals surface area contributed by atoms with Gasteiger partial charge in [-0.2, -0.15) is 0 Å². The summed E-state index contributed by atoms with van der Waals surface area (Å²) in [5.74, 6) is -0.384. The minimum absolute atomic E-state index is 0.00498. The van der Waals surface area contributed by atoms with Crippen molar-refractivity contribution in [2.75, 3.05) is 12.0 Å². The van der Waals surface area contributed by atoms with Crippen LogP contribution >= 0.6 is 0 Å². The van der Waals surface area contributed by atoms with Gasteiger partial charge in [-0.1, -0.05) is 24.3 Å². The van der Waals surface area contributed by atoms with Crippen molar-refractivity contribution in [3.05, 3.63) is 35.4 Å². The molecule has 0 heterocycles. The average molecular weight is 313 g/mol. The zero-order chi connectivity index (χ0) is 15.9. The fourth-order valence-corrected chi connectivity index (χ4v) is 2.22. The summed E-state index contributed by atoms with van der Waals surface area (Å²) in [4.78, 5) is 11.6. The summed E-state index contributed by atoms with van der Waals surface area (Å²) >= 11 is 0. The van der Waals surface area contributed by atoms with Gasteiger partial charge in [0.15, 0.2) is 0 Å². The number of hydrogen-bond acceptors (Lipinski definition) is 4. The van der Waals surface area contributed by atoms with Crippen LogP contribution in [-0.4, -0.2) is 32.4 Å². The van der Waals surface area contributed by atoms with E-state index < -0.39 is 9.84 Å². The minimum Gasteiger partial charge on any atom is -0.374 e. The van der Waals surface area contributed by atoms with Gasteiger partial charge in [0.1, 0.15) is 9.84 Å². The maximum Gasteiger partial charge on any atom is 0.221 e. The van der Waals surface area contributed by atoms with E-state index in [1.807, 2.05) is 38.1 Å². The molecule has 118 valence electrons. The Morgan fingerprint density at radius 1 is 1.29 bits per heavy atom. The lowest BCUT2D eigenvalue weighted by Gasteiger charge is -2.09. The summed E-state index contributed by atoms with van der Waals surface area (Å²) in [5.41, 5.74) is 2.01. The Balaban J connectivity index is 2.44. The Bertz CT molecular complexity index is 567. The molecule has 0 saturated heterocycles. The van der Waals surface area contributed by atoms with E-state index in [9.17, 15) is 13.2 Å². The van der Waals surface area contributed by atoms with E-state index in [0.717, 1.165) is 17.4 Å². The minimum atomic E-state index is -3.10. The molecule has 0 spiro atoms. The predicted octanol–water partition coefficient (Wildman–Crippen LogP) is 1.66. The number of amides is 1. The predicted molar refractivity (Wildman–Crippen MR) is 82.5 cm³/mol. The van der Waals surface area contributed by atoms with Crippen LogP contribution in [0.2, 0.25) is 0 Å². The van der Waals surface area contributed by atoms with E-state index in [4.69, 9.17) is 4.74 Å². The molecule has 0 aliphatic heterocycles. The molecule has 1 aromatic rings. The molecule has 1 aromatic carbocycles. The first kappa shape index (κ1) is 17.7. The topological polar surface area (TPSA) is 72.5 Å². The van der Waals surface area contributed by atoms with Crippen LogP contribution in [0.3, 0.4) is 0 Å². The number of hydrogen-bond donors (Lipinski definition) is 1. The van der Waals surface area contributed by atoms with Crippen molar-refractivity contribution in [2.24, 2.45) is 0 Å². The Morgan fingerprint density at radius 2 is 1.95 bits per heavy atom. The molecule has 1 amide bonds. The highest BCUT2D eigenvalue weighted by Gasteiger charge is 2.07. The molecule has 1 rings (SSSR count). The smallest absolute Gasteiger partial charge is 0.221 e. The zero-order valence-corrected chi connectivity index (χ0v) is 13.6. The van der Waals surface area contributed by atoms with Crippen molar-refractivity contribution in [1.82, 2.24) is 5.32 Å². The van der Waals surface area contributed by atoms with Gasteiger partial charge in [-0.25, -0.2) is 8.42 Å². The number of ether oxygens (including phenoxy) is 1. The third-order valence-electron chi connectivity index (χ3n) is 2.76. The molecule has 5 nitrogen and oxygen atoms in total. The van der Waals surface area contributed by atoms with Crippen LogP contribution in [0.5, 0.6) is 0 Å². The molecule has 21 heavy (non-hydrogen) atoms. The Kier molecular flexibility index (Phi) is 6.84. The van der Waals surface area contributed by atoms with Crippen molar-refractivity contribution in [2.45, 2.75) is 39.5 Å². The fourth-order valence-electron chi connectivity index (χ4n) is 1.66. The zero-order valence-electron chi connectivity index (χ0n) is 12.8. The Hall–Kier alpha value is -1.40. The normalized spacial score (nSPS) is 11.6. The molecule has 0 aliphatic carbocycles. The molecule has 6 heteroatoms. The van der Waals surface area contributed by atoms with Crippen molar-refractivity contribution in [3.63, 3.8) is 0 Å². The van der Waals surface area contributed by atoms with Gasteiger partial charge >= 0.3 is 0 Å². The third kappa shape index (κ3) is 8.47. The lowest BCUT2D eigenvalue weighted by Crippen LogP contribution is -2.25. The van der Waals surface area contributed by atoms with E-state index >= 15 is 0 Å². The van der Waals surface area contributed by atoms with Crippen molar-refractivity contribution in [1.29, 1.82) is 0 Å². The van der Waals surface area contributed by atoms with Gasteiger partial charge in [-0.05, 0) is 25.0 Å². The molecule has 0 radical (unpaired) electrons. The maximum atomic E-state index is 11.6. The number of benzene rings is 1.